The highest BCUT2D eigenvalue weighted by Crippen LogP contribution is 2.29. The van der Waals surface area contributed by atoms with E-state index in [0.717, 1.165) is 5.82 Å². The van der Waals surface area contributed by atoms with E-state index in [4.69, 9.17) is 10.5 Å². The molecule has 6 heteroatoms. The van der Waals surface area contributed by atoms with Crippen LogP contribution in [0.2, 0.25) is 0 Å². The molecule has 0 unspecified atom stereocenters. The third-order valence-corrected chi connectivity index (χ3v) is 2.86. The van der Waals surface area contributed by atoms with E-state index in [-0.39, 0.29) is 6.09 Å². The lowest BCUT2D eigenvalue weighted by Crippen LogP contribution is -2.67. The topological polar surface area (TPSA) is 73.4 Å². The molecule has 0 bridgehead atoms. The Bertz CT molecular complexity index is 455. The lowest BCUT2D eigenvalue weighted by atomic mass is 9.90. The molecule has 1 aliphatic heterocycles. The minimum Gasteiger partial charge on any atom is -0.444 e. The molecule has 1 amide bonds. The number of imidazole rings is 1. The predicted molar refractivity (Wildman–Crippen MR) is 66.9 cm³/mol. The van der Waals surface area contributed by atoms with Gasteiger partial charge in [0.05, 0.1) is 13.1 Å². The maximum atomic E-state index is 11.8. The summed E-state index contributed by atoms with van der Waals surface area (Å²) in [6, 6.07) is 0. The Hall–Kier alpha value is -1.56. The Morgan fingerprint density at radius 2 is 2.11 bits per heavy atom. The first-order chi connectivity index (χ1) is 8.21. The molecule has 0 aromatic carbocycles. The van der Waals surface area contributed by atoms with Crippen LogP contribution in [0, 0.1) is 0 Å². The van der Waals surface area contributed by atoms with Crippen LogP contribution in [0.3, 0.4) is 0 Å². The molecular weight excluding hydrogens is 232 g/mol. The predicted octanol–water partition coefficient (Wildman–Crippen LogP) is 0.825. The van der Waals surface area contributed by atoms with Crippen molar-refractivity contribution in [3.8, 4) is 0 Å². The van der Waals surface area contributed by atoms with Crippen molar-refractivity contribution < 1.29 is 9.53 Å². The Labute approximate surface area is 107 Å². The molecule has 0 atom stereocenters. The van der Waals surface area contributed by atoms with Gasteiger partial charge in [-0.1, -0.05) is 0 Å². The van der Waals surface area contributed by atoms with Crippen LogP contribution < -0.4 is 5.73 Å². The average Bonchev–Trinajstić information content (AvgIpc) is 2.57. The number of nitrogens with two attached hydrogens (primary N) is 1. The zero-order chi connectivity index (χ0) is 13.6. The Morgan fingerprint density at radius 3 is 2.56 bits per heavy atom. The van der Waals surface area contributed by atoms with Crippen molar-refractivity contribution in [1.82, 2.24) is 14.5 Å². The fourth-order valence-electron chi connectivity index (χ4n) is 2.08. The first-order valence-corrected chi connectivity index (χ1v) is 5.96. The number of ether oxygens (including phenoxy) is 1. The van der Waals surface area contributed by atoms with Gasteiger partial charge in [-0.25, -0.2) is 9.78 Å². The minimum atomic E-state index is -0.560. The monoisotopic (exact) mass is 252 g/mol. The number of aryl methyl sites for hydroxylation is 1. The van der Waals surface area contributed by atoms with Gasteiger partial charge in [0.1, 0.15) is 17.0 Å². The number of carbonyl (C=O) groups is 1. The molecule has 2 heterocycles. The number of carbonyl (C=O) groups excluding carboxylic acids is 1. The zero-order valence-corrected chi connectivity index (χ0v) is 11.3. The van der Waals surface area contributed by atoms with E-state index in [0.29, 0.717) is 13.1 Å². The number of aromatic nitrogens is 2. The van der Waals surface area contributed by atoms with Crippen molar-refractivity contribution in [2.75, 3.05) is 13.1 Å². The van der Waals surface area contributed by atoms with Crippen LogP contribution in [0.4, 0.5) is 4.79 Å². The van der Waals surface area contributed by atoms with Crippen molar-refractivity contribution in [2.24, 2.45) is 12.8 Å². The van der Waals surface area contributed by atoms with Gasteiger partial charge in [-0.05, 0) is 20.8 Å². The summed E-state index contributed by atoms with van der Waals surface area (Å²) in [6.45, 7) is 6.41. The Balaban J connectivity index is 1.98. The number of likely N-dealkylation sites (tertiary alicyclic amines) is 1. The standard InChI is InChI=1S/C12H20N4O2/c1-11(2,3)18-10(17)16-7-12(13,8-16)9-14-5-6-15(9)4/h5-6H,7-8,13H2,1-4H3. The van der Waals surface area contributed by atoms with E-state index in [2.05, 4.69) is 4.98 Å². The summed E-state index contributed by atoms with van der Waals surface area (Å²) in [7, 11) is 1.90. The van der Waals surface area contributed by atoms with Gasteiger partial charge in [0.2, 0.25) is 0 Å². The molecule has 0 saturated carbocycles. The minimum absolute atomic E-state index is 0.321. The summed E-state index contributed by atoms with van der Waals surface area (Å²) >= 11 is 0. The van der Waals surface area contributed by atoms with Gasteiger partial charge in [0.25, 0.3) is 0 Å². The lowest BCUT2D eigenvalue weighted by molar-refractivity contribution is -0.0110. The molecule has 2 N–H and O–H groups in total. The SMILES string of the molecule is Cn1ccnc1C1(N)CN(C(=O)OC(C)(C)C)C1. The first-order valence-electron chi connectivity index (χ1n) is 5.96. The number of nitrogens with zero attached hydrogens (tertiary/aromatic N) is 3. The molecule has 2 rings (SSSR count). The number of amides is 1. The van der Waals surface area contributed by atoms with Crippen molar-refractivity contribution in [3.05, 3.63) is 18.2 Å². The molecule has 1 aromatic heterocycles. The second-order valence-corrected chi connectivity index (χ2v) is 5.85. The fourth-order valence-corrected chi connectivity index (χ4v) is 2.08. The molecule has 0 spiro atoms. The molecule has 1 saturated heterocycles. The maximum absolute atomic E-state index is 11.8. The van der Waals surface area contributed by atoms with Crippen LogP contribution in [-0.4, -0.2) is 39.2 Å². The number of rotatable bonds is 1. The van der Waals surface area contributed by atoms with Crippen molar-refractivity contribution in [1.29, 1.82) is 0 Å². The van der Waals surface area contributed by atoms with Crippen LogP contribution in [0.25, 0.3) is 0 Å². The zero-order valence-electron chi connectivity index (χ0n) is 11.3. The second kappa shape index (κ2) is 3.98. The Kier molecular flexibility index (Phi) is 2.85. The molecule has 1 fully saturated rings. The molecule has 100 valence electrons. The van der Waals surface area contributed by atoms with E-state index in [1.807, 2.05) is 38.6 Å². The maximum Gasteiger partial charge on any atom is 0.410 e. The molecular formula is C12H20N4O2. The lowest BCUT2D eigenvalue weighted by Gasteiger charge is -2.46. The van der Waals surface area contributed by atoms with Gasteiger partial charge in [-0.3, -0.25) is 0 Å². The second-order valence-electron chi connectivity index (χ2n) is 5.85. The summed E-state index contributed by atoms with van der Waals surface area (Å²) in [5.74, 6) is 0.794. The summed E-state index contributed by atoms with van der Waals surface area (Å²) in [5, 5.41) is 0. The summed E-state index contributed by atoms with van der Waals surface area (Å²) < 4.78 is 7.17. The highest BCUT2D eigenvalue weighted by molar-refractivity contribution is 5.70. The highest BCUT2D eigenvalue weighted by atomic mass is 16.6. The molecule has 0 aliphatic carbocycles. The van der Waals surface area contributed by atoms with E-state index in [1.54, 1.807) is 11.1 Å². The van der Waals surface area contributed by atoms with Crippen LogP contribution in [0.1, 0.15) is 26.6 Å². The van der Waals surface area contributed by atoms with Crippen molar-refractivity contribution in [3.63, 3.8) is 0 Å². The van der Waals surface area contributed by atoms with E-state index in [1.165, 1.54) is 0 Å². The summed E-state index contributed by atoms with van der Waals surface area (Å²) in [4.78, 5) is 17.6. The van der Waals surface area contributed by atoms with Crippen LogP contribution in [0.5, 0.6) is 0 Å². The van der Waals surface area contributed by atoms with Crippen LogP contribution in [0.15, 0.2) is 12.4 Å². The van der Waals surface area contributed by atoms with Crippen LogP contribution in [-0.2, 0) is 17.3 Å². The average molecular weight is 252 g/mol. The normalized spacial score (nSPS) is 18.4. The summed E-state index contributed by atoms with van der Waals surface area (Å²) in [6.07, 6.45) is 3.23. The van der Waals surface area contributed by atoms with Crippen LogP contribution >= 0.6 is 0 Å². The molecule has 6 nitrogen and oxygen atoms in total. The third kappa shape index (κ3) is 2.33. The quantitative estimate of drug-likeness (QED) is 0.803. The molecule has 1 aliphatic rings. The van der Waals surface area contributed by atoms with Crippen molar-refractivity contribution in [2.45, 2.75) is 31.9 Å². The largest absolute Gasteiger partial charge is 0.444 e. The molecule has 18 heavy (non-hydrogen) atoms. The number of hydrogen-bond acceptors (Lipinski definition) is 4. The fraction of sp³-hybridized carbons (Fsp3) is 0.667. The van der Waals surface area contributed by atoms with Gasteiger partial charge in [-0.2, -0.15) is 0 Å². The van der Waals surface area contributed by atoms with Gasteiger partial charge in [-0.15, -0.1) is 0 Å². The van der Waals surface area contributed by atoms with E-state index < -0.39 is 11.1 Å². The third-order valence-electron chi connectivity index (χ3n) is 2.86. The van der Waals surface area contributed by atoms with E-state index in [9.17, 15) is 4.79 Å². The van der Waals surface area contributed by atoms with Gasteiger partial charge in [0, 0.05) is 19.4 Å². The highest BCUT2D eigenvalue weighted by Gasteiger charge is 2.47. The smallest absolute Gasteiger partial charge is 0.410 e. The molecule has 0 radical (unpaired) electrons. The first kappa shape index (κ1) is 12.9. The van der Waals surface area contributed by atoms with Crippen molar-refractivity contribution >= 4 is 6.09 Å². The summed E-state index contributed by atoms with van der Waals surface area (Å²) in [5.41, 5.74) is 5.19. The Morgan fingerprint density at radius 1 is 1.50 bits per heavy atom. The molecule has 1 aromatic rings. The van der Waals surface area contributed by atoms with E-state index >= 15 is 0 Å². The number of hydrogen-bond donors (Lipinski definition) is 1. The van der Waals surface area contributed by atoms with Gasteiger partial charge < -0.3 is 19.9 Å². The van der Waals surface area contributed by atoms with Gasteiger partial charge in [0.15, 0.2) is 0 Å². The van der Waals surface area contributed by atoms with Gasteiger partial charge >= 0.3 is 6.09 Å².